The average molecular weight is 251 g/mol. The number of fused-ring (bicyclic) bond motifs is 1. The fraction of sp³-hybridized carbons (Fsp3) is 0.571. The van der Waals surface area contributed by atoms with Crippen LogP contribution in [0.3, 0.4) is 0 Å². The molecule has 0 spiro atoms. The molecular weight excluding hydrogens is 230 g/mol. The van der Waals surface area contributed by atoms with Crippen LogP contribution in [0.5, 0.6) is 5.75 Å². The monoisotopic (exact) mass is 251 g/mol. The molecule has 0 saturated heterocycles. The molecule has 2 rings (SSSR count). The molecule has 3 N–H and O–H groups in total. The third-order valence-corrected chi connectivity index (χ3v) is 3.40. The van der Waals surface area contributed by atoms with Crippen molar-refractivity contribution in [2.75, 3.05) is 19.8 Å². The molecule has 100 valence electrons. The van der Waals surface area contributed by atoms with Gasteiger partial charge >= 0.3 is 0 Å². The summed E-state index contributed by atoms with van der Waals surface area (Å²) in [5.41, 5.74) is 2.44. The van der Waals surface area contributed by atoms with Gasteiger partial charge in [0.2, 0.25) is 0 Å². The summed E-state index contributed by atoms with van der Waals surface area (Å²) in [7, 11) is 0. The van der Waals surface area contributed by atoms with E-state index in [4.69, 9.17) is 14.9 Å². The highest BCUT2D eigenvalue weighted by Crippen LogP contribution is 2.29. The normalized spacial score (nSPS) is 15.6. The van der Waals surface area contributed by atoms with Gasteiger partial charge in [-0.3, -0.25) is 0 Å². The number of nitrogens with one attached hydrogen (secondary N) is 1. The van der Waals surface area contributed by atoms with Gasteiger partial charge in [-0.25, -0.2) is 0 Å². The van der Waals surface area contributed by atoms with Gasteiger partial charge in [-0.05, 0) is 23.6 Å². The van der Waals surface area contributed by atoms with Crippen molar-refractivity contribution in [2.24, 2.45) is 0 Å². The Morgan fingerprint density at radius 1 is 1.33 bits per heavy atom. The summed E-state index contributed by atoms with van der Waals surface area (Å²) in [6.45, 7) is 2.74. The van der Waals surface area contributed by atoms with Gasteiger partial charge in [0.05, 0.1) is 25.9 Å². The molecule has 1 aliphatic rings. The summed E-state index contributed by atoms with van der Waals surface area (Å²) >= 11 is 0. The zero-order chi connectivity index (χ0) is 13.0. The Kier molecular flexibility index (Phi) is 4.58. The van der Waals surface area contributed by atoms with Gasteiger partial charge < -0.3 is 20.3 Å². The number of hydrogen-bond acceptors (Lipinski definition) is 4. The molecule has 1 aliphatic heterocycles. The lowest BCUT2D eigenvalue weighted by molar-refractivity contribution is 0.161. The Balaban J connectivity index is 2.12. The first-order chi connectivity index (χ1) is 8.78. The molecule has 1 heterocycles. The summed E-state index contributed by atoms with van der Waals surface area (Å²) in [6.07, 6.45) is 1.87. The van der Waals surface area contributed by atoms with Crippen molar-refractivity contribution in [3.8, 4) is 5.75 Å². The molecule has 0 fully saturated rings. The minimum Gasteiger partial charge on any atom is -0.493 e. The highest BCUT2D eigenvalue weighted by Gasteiger charge is 2.18. The fourth-order valence-electron chi connectivity index (χ4n) is 2.32. The van der Waals surface area contributed by atoms with E-state index in [1.54, 1.807) is 0 Å². The summed E-state index contributed by atoms with van der Waals surface area (Å²) < 4.78 is 5.49. The molecule has 4 heteroatoms. The quantitative estimate of drug-likeness (QED) is 0.706. The molecule has 0 bridgehead atoms. The SMILES string of the molecule is CCC(NC(CO)CO)c1ccc2c(c1)CCO2. The van der Waals surface area contributed by atoms with Crippen molar-refractivity contribution in [3.63, 3.8) is 0 Å². The Labute approximate surface area is 108 Å². The maximum Gasteiger partial charge on any atom is 0.122 e. The number of ether oxygens (including phenoxy) is 1. The molecule has 1 unspecified atom stereocenters. The van der Waals surface area contributed by atoms with Gasteiger partial charge in [-0.2, -0.15) is 0 Å². The third kappa shape index (κ3) is 2.83. The Morgan fingerprint density at radius 2 is 2.11 bits per heavy atom. The summed E-state index contributed by atoms with van der Waals surface area (Å²) in [4.78, 5) is 0. The largest absolute Gasteiger partial charge is 0.493 e. The standard InChI is InChI=1S/C14H21NO3/c1-2-13(15-12(8-16)9-17)10-3-4-14-11(7-10)5-6-18-14/h3-4,7,12-13,15-17H,2,5-6,8-9H2,1H3. The van der Waals surface area contributed by atoms with Crippen molar-refractivity contribution >= 4 is 0 Å². The second kappa shape index (κ2) is 6.18. The van der Waals surface area contributed by atoms with Crippen molar-refractivity contribution < 1.29 is 14.9 Å². The van der Waals surface area contributed by atoms with Gasteiger partial charge in [0.25, 0.3) is 0 Å². The van der Waals surface area contributed by atoms with Gasteiger partial charge in [0, 0.05) is 12.5 Å². The zero-order valence-corrected chi connectivity index (χ0v) is 10.7. The minimum absolute atomic E-state index is 0.0545. The van der Waals surface area contributed by atoms with Crippen LogP contribution in [0.15, 0.2) is 18.2 Å². The predicted octanol–water partition coefficient (Wildman–Crippen LogP) is 1.02. The number of hydrogen-bond donors (Lipinski definition) is 3. The van der Waals surface area contributed by atoms with Crippen LogP contribution in [0.1, 0.15) is 30.5 Å². The van der Waals surface area contributed by atoms with E-state index in [9.17, 15) is 0 Å². The van der Waals surface area contributed by atoms with Crippen LogP contribution in [-0.2, 0) is 6.42 Å². The molecule has 4 nitrogen and oxygen atoms in total. The van der Waals surface area contributed by atoms with Crippen LogP contribution >= 0.6 is 0 Å². The minimum atomic E-state index is -0.264. The van der Waals surface area contributed by atoms with Gasteiger partial charge in [-0.15, -0.1) is 0 Å². The molecule has 0 amide bonds. The summed E-state index contributed by atoms with van der Waals surface area (Å²) in [5, 5.41) is 21.5. The van der Waals surface area contributed by atoms with E-state index in [2.05, 4.69) is 24.4 Å². The smallest absolute Gasteiger partial charge is 0.122 e. The van der Waals surface area contributed by atoms with Gasteiger partial charge in [0.1, 0.15) is 5.75 Å². The van der Waals surface area contributed by atoms with Crippen LogP contribution in [-0.4, -0.2) is 36.1 Å². The number of aliphatic hydroxyl groups excluding tert-OH is 2. The van der Waals surface area contributed by atoms with Crippen LogP contribution in [0, 0.1) is 0 Å². The number of benzene rings is 1. The van der Waals surface area contributed by atoms with Crippen molar-refractivity contribution in [1.82, 2.24) is 5.32 Å². The average Bonchev–Trinajstić information content (AvgIpc) is 2.87. The molecular formula is C14H21NO3. The summed E-state index contributed by atoms with van der Waals surface area (Å²) in [6, 6.07) is 6.11. The predicted molar refractivity (Wildman–Crippen MR) is 69.8 cm³/mol. The summed E-state index contributed by atoms with van der Waals surface area (Å²) in [5.74, 6) is 0.981. The lowest BCUT2D eigenvalue weighted by Crippen LogP contribution is -2.38. The Morgan fingerprint density at radius 3 is 2.78 bits per heavy atom. The van der Waals surface area contributed by atoms with E-state index in [0.29, 0.717) is 0 Å². The maximum absolute atomic E-state index is 9.13. The number of rotatable bonds is 6. The first-order valence-corrected chi connectivity index (χ1v) is 6.51. The molecule has 1 aromatic rings. The van der Waals surface area contributed by atoms with Crippen molar-refractivity contribution in [1.29, 1.82) is 0 Å². The first-order valence-electron chi connectivity index (χ1n) is 6.51. The van der Waals surface area contributed by atoms with Gasteiger partial charge in [0.15, 0.2) is 0 Å². The van der Waals surface area contributed by atoms with E-state index >= 15 is 0 Å². The lowest BCUT2D eigenvalue weighted by Gasteiger charge is -2.23. The van der Waals surface area contributed by atoms with Crippen molar-refractivity contribution in [3.05, 3.63) is 29.3 Å². The molecule has 1 atom stereocenters. The van der Waals surface area contributed by atoms with E-state index in [0.717, 1.165) is 25.2 Å². The number of aliphatic hydroxyl groups is 2. The Bertz CT molecular complexity index is 391. The molecule has 0 radical (unpaired) electrons. The molecule has 1 aromatic carbocycles. The lowest BCUT2D eigenvalue weighted by atomic mass is 10.00. The van der Waals surface area contributed by atoms with Crippen LogP contribution in [0.4, 0.5) is 0 Å². The van der Waals surface area contributed by atoms with Crippen molar-refractivity contribution in [2.45, 2.75) is 31.8 Å². The third-order valence-electron chi connectivity index (χ3n) is 3.40. The highest BCUT2D eigenvalue weighted by atomic mass is 16.5. The Hall–Kier alpha value is -1.10. The van der Waals surface area contributed by atoms with Crippen LogP contribution in [0.25, 0.3) is 0 Å². The topological polar surface area (TPSA) is 61.7 Å². The van der Waals surface area contributed by atoms with E-state index < -0.39 is 0 Å². The highest BCUT2D eigenvalue weighted by molar-refractivity contribution is 5.40. The zero-order valence-electron chi connectivity index (χ0n) is 10.7. The fourth-order valence-corrected chi connectivity index (χ4v) is 2.32. The van der Waals surface area contributed by atoms with Crippen LogP contribution < -0.4 is 10.1 Å². The van der Waals surface area contributed by atoms with E-state index in [-0.39, 0.29) is 25.3 Å². The van der Waals surface area contributed by atoms with Crippen LogP contribution in [0.2, 0.25) is 0 Å². The van der Waals surface area contributed by atoms with E-state index in [1.165, 1.54) is 11.1 Å². The maximum atomic E-state index is 9.13. The second-order valence-corrected chi connectivity index (χ2v) is 4.66. The second-order valence-electron chi connectivity index (χ2n) is 4.66. The molecule has 18 heavy (non-hydrogen) atoms. The van der Waals surface area contributed by atoms with E-state index in [1.807, 2.05) is 6.07 Å². The van der Waals surface area contributed by atoms with Gasteiger partial charge in [-0.1, -0.05) is 19.1 Å². The molecule has 0 aliphatic carbocycles. The molecule has 0 saturated carbocycles. The molecule has 0 aromatic heterocycles. The first kappa shape index (κ1) is 13.3.